The first-order valence-electron chi connectivity index (χ1n) is 5.18. The van der Waals surface area contributed by atoms with Gasteiger partial charge in [-0.3, -0.25) is 0 Å². The van der Waals surface area contributed by atoms with E-state index in [9.17, 15) is 0 Å². The van der Waals surface area contributed by atoms with Crippen LogP contribution in [0.1, 0.15) is 19.3 Å². The van der Waals surface area contributed by atoms with Crippen molar-refractivity contribution in [2.24, 2.45) is 5.92 Å². The summed E-state index contributed by atoms with van der Waals surface area (Å²) in [7, 11) is 4.23. The van der Waals surface area contributed by atoms with Gasteiger partial charge in [0.1, 0.15) is 0 Å². The summed E-state index contributed by atoms with van der Waals surface area (Å²) in [5, 5.41) is 3.94. The van der Waals surface area contributed by atoms with Crippen molar-refractivity contribution in [2.45, 2.75) is 24.6 Å². The minimum Gasteiger partial charge on any atom is -0.316 e. The molecule has 3 heteroatoms. The van der Waals surface area contributed by atoms with Crippen LogP contribution in [-0.2, 0) is 0 Å². The lowest BCUT2D eigenvalue weighted by atomic mass is 9.85. The van der Waals surface area contributed by atoms with Crippen molar-refractivity contribution in [1.82, 2.24) is 10.2 Å². The Balaban J connectivity index is 1.79. The minimum atomic E-state index is 0.466. The summed E-state index contributed by atoms with van der Waals surface area (Å²) in [5.74, 6) is 0.849. The van der Waals surface area contributed by atoms with Gasteiger partial charge in [-0.25, -0.2) is 0 Å². The maximum absolute atomic E-state index is 5.89. The molecular weight excluding hydrogens is 184 g/mol. The predicted molar refractivity (Wildman–Crippen MR) is 58.4 cm³/mol. The van der Waals surface area contributed by atoms with Crippen LogP contribution < -0.4 is 5.32 Å². The zero-order valence-electron chi connectivity index (χ0n) is 8.72. The van der Waals surface area contributed by atoms with Crippen LogP contribution in [0.5, 0.6) is 0 Å². The predicted octanol–water partition coefficient (Wildman–Crippen LogP) is 1.55. The van der Waals surface area contributed by atoms with Crippen molar-refractivity contribution in [3.8, 4) is 0 Å². The van der Waals surface area contributed by atoms with Crippen LogP contribution in [0.3, 0.4) is 0 Å². The van der Waals surface area contributed by atoms with Crippen molar-refractivity contribution >= 4 is 11.6 Å². The van der Waals surface area contributed by atoms with Gasteiger partial charge in [-0.2, -0.15) is 0 Å². The second-order valence-electron chi connectivity index (χ2n) is 4.30. The van der Waals surface area contributed by atoms with Gasteiger partial charge in [0.05, 0.1) is 0 Å². The summed E-state index contributed by atoms with van der Waals surface area (Å²) >= 11 is 5.89. The average Bonchev–Trinajstić information content (AvgIpc) is 1.99. The Morgan fingerprint density at radius 3 is 2.62 bits per heavy atom. The molecular formula is C10H21ClN2. The lowest BCUT2D eigenvalue weighted by Crippen LogP contribution is -2.34. The van der Waals surface area contributed by atoms with Gasteiger partial charge in [-0.15, -0.1) is 11.6 Å². The van der Waals surface area contributed by atoms with E-state index in [-0.39, 0.29) is 0 Å². The van der Waals surface area contributed by atoms with E-state index in [1.165, 1.54) is 25.8 Å². The maximum Gasteiger partial charge on any atom is 0.0342 e. The molecule has 0 saturated heterocycles. The molecule has 0 aromatic heterocycles. The number of nitrogens with one attached hydrogen (secondary N) is 1. The van der Waals surface area contributed by atoms with Crippen molar-refractivity contribution in [2.75, 3.05) is 33.7 Å². The fourth-order valence-electron chi connectivity index (χ4n) is 1.65. The molecule has 1 aliphatic rings. The van der Waals surface area contributed by atoms with Gasteiger partial charge in [0, 0.05) is 5.38 Å². The van der Waals surface area contributed by atoms with Gasteiger partial charge in [-0.1, -0.05) is 0 Å². The summed E-state index contributed by atoms with van der Waals surface area (Å²) < 4.78 is 0. The van der Waals surface area contributed by atoms with Crippen LogP contribution in [0.15, 0.2) is 0 Å². The molecule has 0 bridgehead atoms. The van der Waals surface area contributed by atoms with E-state index >= 15 is 0 Å². The van der Waals surface area contributed by atoms with Crippen LogP contribution in [0.25, 0.3) is 0 Å². The highest BCUT2D eigenvalue weighted by atomic mass is 35.5. The first-order chi connectivity index (χ1) is 6.18. The first-order valence-corrected chi connectivity index (χ1v) is 5.61. The third kappa shape index (κ3) is 4.84. The van der Waals surface area contributed by atoms with Gasteiger partial charge in [0.25, 0.3) is 0 Å². The molecule has 0 amide bonds. The highest BCUT2D eigenvalue weighted by molar-refractivity contribution is 6.21. The Labute approximate surface area is 86.6 Å². The first kappa shape index (κ1) is 11.3. The second kappa shape index (κ2) is 5.84. The standard InChI is InChI=1S/C10H21ClN2/c1-13(2)5-3-4-12-8-9-6-10(11)7-9/h9-10,12H,3-8H2,1-2H3. The number of rotatable bonds is 6. The van der Waals surface area contributed by atoms with Crippen LogP contribution in [0.2, 0.25) is 0 Å². The Morgan fingerprint density at radius 1 is 1.38 bits per heavy atom. The number of hydrogen-bond donors (Lipinski definition) is 1. The largest absolute Gasteiger partial charge is 0.316 e. The monoisotopic (exact) mass is 204 g/mol. The molecule has 0 aromatic rings. The Morgan fingerprint density at radius 2 is 2.08 bits per heavy atom. The maximum atomic E-state index is 5.89. The molecule has 1 saturated carbocycles. The highest BCUT2D eigenvalue weighted by Gasteiger charge is 2.26. The molecule has 2 nitrogen and oxygen atoms in total. The number of alkyl halides is 1. The minimum absolute atomic E-state index is 0.466. The summed E-state index contributed by atoms with van der Waals surface area (Å²) in [5.41, 5.74) is 0. The van der Waals surface area contributed by atoms with Crippen LogP contribution in [-0.4, -0.2) is 44.0 Å². The van der Waals surface area contributed by atoms with E-state index in [2.05, 4.69) is 24.3 Å². The normalized spacial score (nSPS) is 27.7. The molecule has 13 heavy (non-hydrogen) atoms. The fourth-order valence-corrected chi connectivity index (χ4v) is 2.15. The molecule has 78 valence electrons. The number of halogens is 1. The Bertz CT molecular complexity index is 133. The summed E-state index contributed by atoms with van der Waals surface area (Å²) in [4.78, 5) is 2.22. The third-order valence-electron chi connectivity index (χ3n) is 2.57. The third-order valence-corrected chi connectivity index (χ3v) is 2.93. The molecule has 1 N–H and O–H groups in total. The van der Waals surface area contributed by atoms with Gasteiger partial charge in [0.15, 0.2) is 0 Å². The van der Waals surface area contributed by atoms with Gasteiger partial charge in [-0.05, 0) is 58.9 Å². The van der Waals surface area contributed by atoms with Gasteiger partial charge < -0.3 is 10.2 Å². The molecule has 0 heterocycles. The summed E-state index contributed by atoms with van der Waals surface area (Å²) in [6, 6.07) is 0. The van der Waals surface area contributed by atoms with Crippen molar-refractivity contribution in [3.05, 3.63) is 0 Å². The van der Waals surface area contributed by atoms with Crippen LogP contribution >= 0.6 is 11.6 Å². The zero-order valence-corrected chi connectivity index (χ0v) is 9.48. The molecule has 0 radical (unpaired) electrons. The quantitative estimate of drug-likeness (QED) is 0.522. The fraction of sp³-hybridized carbons (Fsp3) is 1.00. The summed E-state index contributed by atoms with van der Waals surface area (Å²) in [6.07, 6.45) is 3.66. The lowest BCUT2D eigenvalue weighted by molar-refractivity contribution is 0.305. The molecule has 0 aromatic carbocycles. The van der Waals surface area contributed by atoms with E-state index in [0.717, 1.165) is 19.0 Å². The Kier molecular flexibility index (Phi) is 5.07. The van der Waals surface area contributed by atoms with Gasteiger partial charge >= 0.3 is 0 Å². The van der Waals surface area contributed by atoms with Crippen molar-refractivity contribution in [1.29, 1.82) is 0 Å². The van der Waals surface area contributed by atoms with Gasteiger partial charge in [0.2, 0.25) is 0 Å². The molecule has 0 atom stereocenters. The van der Waals surface area contributed by atoms with Crippen molar-refractivity contribution in [3.63, 3.8) is 0 Å². The molecule has 1 aliphatic carbocycles. The SMILES string of the molecule is CN(C)CCCNCC1CC(Cl)C1. The average molecular weight is 205 g/mol. The topological polar surface area (TPSA) is 15.3 Å². The molecule has 0 unspecified atom stereocenters. The van der Waals surface area contributed by atoms with E-state index in [1.807, 2.05) is 0 Å². The molecule has 0 aliphatic heterocycles. The van der Waals surface area contributed by atoms with Crippen LogP contribution in [0.4, 0.5) is 0 Å². The van der Waals surface area contributed by atoms with Crippen LogP contribution in [0, 0.1) is 5.92 Å². The van der Waals surface area contributed by atoms with E-state index in [1.54, 1.807) is 0 Å². The molecule has 1 rings (SSSR count). The zero-order chi connectivity index (χ0) is 9.68. The Hall–Kier alpha value is 0.210. The van der Waals surface area contributed by atoms with E-state index < -0.39 is 0 Å². The number of hydrogen-bond acceptors (Lipinski definition) is 2. The van der Waals surface area contributed by atoms with Crippen molar-refractivity contribution < 1.29 is 0 Å². The number of nitrogens with zero attached hydrogens (tertiary/aromatic N) is 1. The molecule has 1 fully saturated rings. The smallest absolute Gasteiger partial charge is 0.0342 e. The summed E-state index contributed by atoms with van der Waals surface area (Å²) in [6.45, 7) is 3.48. The lowest BCUT2D eigenvalue weighted by Gasteiger charge is -2.31. The molecule has 0 spiro atoms. The van der Waals surface area contributed by atoms with E-state index in [4.69, 9.17) is 11.6 Å². The highest BCUT2D eigenvalue weighted by Crippen LogP contribution is 2.30. The van der Waals surface area contributed by atoms with E-state index in [0.29, 0.717) is 5.38 Å². The second-order valence-corrected chi connectivity index (χ2v) is 4.91.